The second-order valence-electron chi connectivity index (χ2n) is 3.86. The third-order valence-corrected chi connectivity index (χ3v) is 3.13. The van der Waals surface area contributed by atoms with Crippen molar-refractivity contribution in [2.24, 2.45) is 0 Å². The Morgan fingerprint density at radius 1 is 1.20 bits per heavy atom. The number of halogens is 1. The molecule has 100 valence electrons. The molecule has 0 amide bonds. The van der Waals surface area contributed by atoms with Crippen molar-refractivity contribution >= 4 is 11.8 Å². The Labute approximate surface area is 118 Å². The van der Waals surface area contributed by atoms with E-state index in [9.17, 15) is 4.39 Å². The summed E-state index contributed by atoms with van der Waals surface area (Å²) in [6.45, 7) is 1.83. The predicted molar refractivity (Wildman–Crippen MR) is 70.0 cm³/mol. The van der Waals surface area contributed by atoms with E-state index in [4.69, 9.17) is 0 Å². The van der Waals surface area contributed by atoms with Crippen molar-refractivity contribution in [1.29, 1.82) is 0 Å². The molecule has 0 spiro atoms. The number of hydrogen-bond acceptors (Lipinski definition) is 6. The van der Waals surface area contributed by atoms with Crippen LogP contribution in [0.3, 0.4) is 0 Å². The Morgan fingerprint density at radius 3 is 2.70 bits per heavy atom. The highest BCUT2D eigenvalue weighted by Gasteiger charge is 2.08. The largest absolute Gasteiger partial charge is 0.251 e. The van der Waals surface area contributed by atoms with Gasteiger partial charge < -0.3 is 0 Å². The van der Waals surface area contributed by atoms with E-state index >= 15 is 0 Å². The molecule has 0 atom stereocenters. The molecule has 0 aliphatic rings. The van der Waals surface area contributed by atoms with Crippen LogP contribution in [0, 0.1) is 12.9 Å². The number of aromatic nitrogens is 6. The van der Waals surface area contributed by atoms with Gasteiger partial charge in [0.05, 0.1) is 0 Å². The Morgan fingerprint density at radius 2 is 2.00 bits per heavy atom. The summed E-state index contributed by atoms with van der Waals surface area (Å²) in [7, 11) is 0. The first-order chi connectivity index (χ1) is 9.70. The molecule has 0 radical (unpaired) electrons. The quantitative estimate of drug-likeness (QED) is 0.542. The molecule has 0 aromatic carbocycles. The van der Waals surface area contributed by atoms with Gasteiger partial charge in [0.15, 0.2) is 5.16 Å². The van der Waals surface area contributed by atoms with Gasteiger partial charge in [0, 0.05) is 30.4 Å². The van der Waals surface area contributed by atoms with Crippen LogP contribution in [0.2, 0.25) is 0 Å². The molecule has 0 unspecified atom stereocenters. The molecule has 6 nitrogen and oxygen atoms in total. The first kappa shape index (κ1) is 12.7. The maximum absolute atomic E-state index is 12.9. The van der Waals surface area contributed by atoms with Crippen molar-refractivity contribution in [3.05, 3.63) is 48.4 Å². The zero-order valence-electron chi connectivity index (χ0n) is 10.4. The average molecular weight is 288 g/mol. The lowest BCUT2D eigenvalue weighted by molar-refractivity contribution is 0.561. The van der Waals surface area contributed by atoms with Crippen LogP contribution in [0.5, 0.6) is 0 Å². The highest BCUT2D eigenvalue weighted by Crippen LogP contribution is 2.23. The highest BCUT2D eigenvalue weighted by molar-refractivity contribution is 7.99. The summed E-state index contributed by atoms with van der Waals surface area (Å²) in [4.78, 5) is 16.8. The first-order valence-corrected chi connectivity index (χ1v) is 6.54. The molecule has 3 rings (SSSR count). The van der Waals surface area contributed by atoms with Gasteiger partial charge in [-0.3, -0.25) is 0 Å². The van der Waals surface area contributed by atoms with Gasteiger partial charge in [-0.05, 0) is 30.8 Å². The number of hydrogen-bond donors (Lipinski definition) is 0. The van der Waals surface area contributed by atoms with Gasteiger partial charge in [0.25, 0.3) is 5.95 Å². The van der Waals surface area contributed by atoms with Gasteiger partial charge in [0.2, 0.25) is 5.95 Å². The van der Waals surface area contributed by atoms with E-state index in [-0.39, 0.29) is 0 Å². The lowest BCUT2D eigenvalue weighted by atomic mass is 10.5. The molecule has 0 saturated heterocycles. The summed E-state index contributed by atoms with van der Waals surface area (Å²) in [6, 6.07) is 4.80. The molecular weight excluding hydrogens is 279 g/mol. The molecule has 0 fully saturated rings. The third kappa shape index (κ3) is 2.80. The van der Waals surface area contributed by atoms with Crippen LogP contribution in [0.1, 0.15) is 5.69 Å². The van der Waals surface area contributed by atoms with Gasteiger partial charge in [-0.25, -0.2) is 24.6 Å². The van der Waals surface area contributed by atoms with Crippen molar-refractivity contribution < 1.29 is 4.39 Å². The minimum Gasteiger partial charge on any atom is -0.231 e. The second-order valence-corrected chi connectivity index (χ2v) is 4.85. The number of aryl methyl sites for hydroxylation is 1. The van der Waals surface area contributed by atoms with Crippen molar-refractivity contribution in [2.45, 2.75) is 17.1 Å². The molecule has 0 aliphatic carbocycles. The Hall–Kier alpha value is -2.35. The zero-order chi connectivity index (χ0) is 13.9. The van der Waals surface area contributed by atoms with E-state index in [2.05, 4.69) is 25.0 Å². The van der Waals surface area contributed by atoms with Crippen LogP contribution in [-0.4, -0.2) is 29.7 Å². The summed E-state index contributed by atoms with van der Waals surface area (Å²) < 4.78 is 14.2. The summed E-state index contributed by atoms with van der Waals surface area (Å²) in [5, 5.41) is 4.92. The summed E-state index contributed by atoms with van der Waals surface area (Å²) in [5.41, 5.74) is 0.754. The number of nitrogens with zero attached hydrogens (tertiary/aromatic N) is 6. The topological polar surface area (TPSA) is 69.4 Å². The third-order valence-electron chi connectivity index (χ3n) is 2.32. The van der Waals surface area contributed by atoms with E-state index in [1.54, 1.807) is 18.5 Å². The molecule has 3 aromatic rings. The molecule has 0 N–H and O–H groups in total. The summed E-state index contributed by atoms with van der Waals surface area (Å²) >= 11 is 1.31. The fourth-order valence-corrected chi connectivity index (χ4v) is 2.29. The van der Waals surface area contributed by atoms with Gasteiger partial charge >= 0.3 is 0 Å². The van der Waals surface area contributed by atoms with Gasteiger partial charge in [0.1, 0.15) is 5.03 Å². The van der Waals surface area contributed by atoms with Gasteiger partial charge in [-0.2, -0.15) is 4.39 Å². The number of rotatable bonds is 3. The van der Waals surface area contributed by atoms with Crippen LogP contribution in [0.15, 0.2) is 47.0 Å². The highest BCUT2D eigenvalue weighted by atomic mass is 32.2. The predicted octanol–water partition coefficient (Wildman–Crippen LogP) is 2.05. The minimum absolute atomic E-state index is 0.312. The normalized spacial score (nSPS) is 10.7. The van der Waals surface area contributed by atoms with Crippen molar-refractivity contribution in [1.82, 2.24) is 29.7 Å². The van der Waals surface area contributed by atoms with Crippen LogP contribution in [-0.2, 0) is 0 Å². The molecule has 0 saturated carbocycles. The van der Waals surface area contributed by atoms with Crippen LogP contribution < -0.4 is 0 Å². The van der Waals surface area contributed by atoms with Crippen molar-refractivity contribution in [3.63, 3.8) is 0 Å². The van der Waals surface area contributed by atoms with Gasteiger partial charge in [-0.15, -0.1) is 5.10 Å². The molecule has 8 heteroatoms. The maximum Gasteiger partial charge on any atom is 0.251 e. The fourth-order valence-electron chi connectivity index (χ4n) is 1.52. The molecule has 0 bridgehead atoms. The van der Waals surface area contributed by atoms with E-state index in [0.29, 0.717) is 16.1 Å². The molecule has 3 heterocycles. The Bertz CT molecular complexity index is 730. The molecule has 20 heavy (non-hydrogen) atoms. The fraction of sp³-hybridized carbons (Fsp3) is 0.0833. The Balaban J connectivity index is 1.95. The van der Waals surface area contributed by atoms with Crippen LogP contribution in [0.25, 0.3) is 5.95 Å². The molecule has 0 aliphatic heterocycles. The smallest absolute Gasteiger partial charge is 0.231 e. The van der Waals surface area contributed by atoms with E-state index < -0.39 is 5.95 Å². The first-order valence-electron chi connectivity index (χ1n) is 5.73. The standard InChI is InChI=1S/C12H9FN6S/c1-8-7-10(20-12-14-4-2-5-15-12)17-11(16-8)19-6-3-9(13)18-19/h2-7H,1H3. The average Bonchev–Trinajstić information content (AvgIpc) is 2.86. The summed E-state index contributed by atoms with van der Waals surface area (Å²) in [5.74, 6) is -0.261. The summed E-state index contributed by atoms with van der Waals surface area (Å²) in [6.07, 6.45) is 4.79. The molecule has 3 aromatic heterocycles. The second kappa shape index (κ2) is 5.33. The minimum atomic E-state index is -0.573. The zero-order valence-corrected chi connectivity index (χ0v) is 11.3. The maximum atomic E-state index is 12.9. The van der Waals surface area contributed by atoms with E-state index in [1.165, 1.54) is 28.7 Å². The van der Waals surface area contributed by atoms with E-state index in [0.717, 1.165) is 5.69 Å². The lowest BCUT2D eigenvalue weighted by Gasteiger charge is -2.04. The van der Waals surface area contributed by atoms with Crippen LogP contribution in [0.4, 0.5) is 4.39 Å². The van der Waals surface area contributed by atoms with Gasteiger partial charge in [-0.1, -0.05) is 0 Å². The monoisotopic (exact) mass is 288 g/mol. The van der Waals surface area contributed by atoms with Crippen molar-refractivity contribution in [3.8, 4) is 5.95 Å². The lowest BCUT2D eigenvalue weighted by Crippen LogP contribution is -2.04. The van der Waals surface area contributed by atoms with E-state index in [1.807, 2.05) is 13.0 Å². The van der Waals surface area contributed by atoms with Crippen molar-refractivity contribution in [2.75, 3.05) is 0 Å². The van der Waals surface area contributed by atoms with Crippen LogP contribution >= 0.6 is 11.8 Å². The Kier molecular flexibility index (Phi) is 3.38. The molecular formula is C12H9FN6S. The SMILES string of the molecule is Cc1cc(Sc2ncccn2)nc(-n2ccc(F)n2)n1.